The zero-order valence-corrected chi connectivity index (χ0v) is 15.6. The van der Waals surface area contributed by atoms with E-state index in [4.69, 9.17) is 15.2 Å². The largest absolute Gasteiger partial charge is 0.491 e. The molecule has 1 amide bonds. The first-order chi connectivity index (χ1) is 13.7. The van der Waals surface area contributed by atoms with Crippen molar-refractivity contribution in [2.75, 3.05) is 13.2 Å². The predicted octanol–water partition coefficient (Wildman–Crippen LogP) is 3.61. The number of hydrogen-bond acceptors (Lipinski definition) is 4. The molecule has 0 saturated carbocycles. The summed E-state index contributed by atoms with van der Waals surface area (Å²) in [7, 11) is 0. The number of rotatable bonds is 7. The van der Waals surface area contributed by atoms with Gasteiger partial charge in [-0.05, 0) is 30.7 Å². The van der Waals surface area contributed by atoms with Crippen molar-refractivity contribution >= 4 is 22.3 Å². The van der Waals surface area contributed by atoms with Gasteiger partial charge in [0.2, 0.25) is 5.88 Å². The van der Waals surface area contributed by atoms with Gasteiger partial charge in [0.1, 0.15) is 11.3 Å². The van der Waals surface area contributed by atoms with Crippen molar-refractivity contribution in [3.05, 3.63) is 72.1 Å². The number of hydrogen-bond donors (Lipinski definition) is 1. The topological polar surface area (TPSA) is 78.9 Å². The first-order valence-electron chi connectivity index (χ1n) is 9.21. The monoisotopic (exact) mass is 375 g/mol. The third-order valence-electron chi connectivity index (χ3n) is 4.61. The number of aromatic nitrogens is 2. The van der Waals surface area contributed by atoms with Gasteiger partial charge >= 0.3 is 0 Å². The Labute approximate surface area is 162 Å². The quantitative estimate of drug-likeness (QED) is 0.535. The van der Waals surface area contributed by atoms with Gasteiger partial charge in [0.25, 0.3) is 5.91 Å². The van der Waals surface area contributed by atoms with Crippen molar-refractivity contribution in [3.8, 4) is 11.6 Å². The standard InChI is InChI=1S/C22H21N3O3/c1-2-27-19-10-9-15(14-24-19)11-13-28-18-8-5-12-25-17-7-4-3-6-16(17)20(21(18)25)22(23)26/h3-10,12,14H,2,11,13H2,1H3,(H2,23,26). The summed E-state index contributed by atoms with van der Waals surface area (Å²) in [6.45, 7) is 2.97. The third kappa shape index (κ3) is 3.24. The van der Waals surface area contributed by atoms with Gasteiger partial charge in [-0.3, -0.25) is 4.79 Å². The molecule has 4 rings (SSSR count). The Morgan fingerprint density at radius 1 is 1.11 bits per heavy atom. The average molecular weight is 375 g/mol. The molecule has 0 spiro atoms. The summed E-state index contributed by atoms with van der Waals surface area (Å²) in [5.74, 6) is 0.778. The van der Waals surface area contributed by atoms with Crippen molar-refractivity contribution in [1.29, 1.82) is 0 Å². The fourth-order valence-electron chi connectivity index (χ4n) is 3.39. The Kier molecular flexibility index (Phi) is 4.85. The van der Waals surface area contributed by atoms with Gasteiger partial charge in [-0.25, -0.2) is 4.98 Å². The molecule has 0 saturated heterocycles. The van der Waals surface area contributed by atoms with Gasteiger partial charge in [-0.2, -0.15) is 0 Å². The van der Waals surface area contributed by atoms with Crippen molar-refractivity contribution < 1.29 is 14.3 Å². The number of nitrogens with two attached hydrogens (primary N) is 1. The molecule has 4 aromatic rings. The van der Waals surface area contributed by atoms with Crippen LogP contribution in [0.4, 0.5) is 0 Å². The lowest BCUT2D eigenvalue weighted by Gasteiger charge is -2.10. The molecule has 0 atom stereocenters. The summed E-state index contributed by atoms with van der Waals surface area (Å²) in [4.78, 5) is 16.4. The molecule has 0 aliphatic carbocycles. The van der Waals surface area contributed by atoms with E-state index in [1.807, 2.05) is 66.1 Å². The van der Waals surface area contributed by atoms with Gasteiger partial charge in [-0.1, -0.05) is 24.3 Å². The Morgan fingerprint density at radius 3 is 2.71 bits per heavy atom. The number of carbonyl (C=O) groups excluding carboxylic acids is 1. The molecule has 3 aromatic heterocycles. The van der Waals surface area contributed by atoms with E-state index in [1.54, 1.807) is 6.20 Å². The first-order valence-corrected chi connectivity index (χ1v) is 9.21. The van der Waals surface area contributed by atoms with Gasteiger partial charge in [0, 0.05) is 30.3 Å². The van der Waals surface area contributed by atoms with Gasteiger partial charge in [-0.15, -0.1) is 0 Å². The highest BCUT2D eigenvalue weighted by Crippen LogP contribution is 2.32. The second kappa shape index (κ2) is 7.60. The molecule has 0 aliphatic rings. The van der Waals surface area contributed by atoms with Crippen LogP contribution in [0.2, 0.25) is 0 Å². The van der Waals surface area contributed by atoms with Crippen molar-refractivity contribution in [3.63, 3.8) is 0 Å². The van der Waals surface area contributed by atoms with Crippen LogP contribution in [0, 0.1) is 0 Å². The molecule has 2 N–H and O–H groups in total. The molecule has 0 bridgehead atoms. The molecule has 28 heavy (non-hydrogen) atoms. The maximum absolute atomic E-state index is 12.2. The lowest BCUT2D eigenvalue weighted by molar-refractivity contribution is 0.100. The lowest BCUT2D eigenvalue weighted by Crippen LogP contribution is -2.11. The Bertz CT molecular complexity index is 1130. The van der Waals surface area contributed by atoms with Gasteiger partial charge < -0.3 is 19.6 Å². The summed E-state index contributed by atoms with van der Waals surface area (Å²) in [6.07, 6.45) is 4.38. The smallest absolute Gasteiger partial charge is 0.251 e. The van der Waals surface area contributed by atoms with Crippen LogP contribution in [0.3, 0.4) is 0 Å². The van der Waals surface area contributed by atoms with E-state index in [0.717, 1.165) is 16.5 Å². The number of carbonyl (C=O) groups is 1. The summed E-state index contributed by atoms with van der Waals surface area (Å²) >= 11 is 0. The summed E-state index contributed by atoms with van der Waals surface area (Å²) in [6, 6.07) is 15.3. The summed E-state index contributed by atoms with van der Waals surface area (Å²) < 4.78 is 13.3. The van der Waals surface area contributed by atoms with Crippen LogP contribution in [0.25, 0.3) is 16.4 Å². The molecule has 0 aliphatic heterocycles. The van der Waals surface area contributed by atoms with E-state index in [1.165, 1.54) is 0 Å². The predicted molar refractivity (Wildman–Crippen MR) is 108 cm³/mol. The van der Waals surface area contributed by atoms with E-state index in [2.05, 4.69) is 4.98 Å². The fourth-order valence-corrected chi connectivity index (χ4v) is 3.39. The fraction of sp³-hybridized carbons (Fsp3) is 0.182. The molecule has 1 aromatic carbocycles. The van der Waals surface area contributed by atoms with Crippen molar-refractivity contribution in [2.45, 2.75) is 13.3 Å². The van der Waals surface area contributed by atoms with Crippen LogP contribution in [0.1, 0.15) is 22.8 Å². The zero-order chi connectivity index (χ0) is 19.5. The maximum atomic E-state index is 12.2. The number of fused-ring (bicyclic) bond motifs is 3. The van der Waals surface area contributed by atoms with Crippen LogP contribution in [-0.4, -0.2) is 28.5 Å². The number of benzene rings is 1. The first kappa shape index (κ1) is 17.9. The highest BCUT2D eigenvalue weighted by atomic mass is 16.5. The molecule has 0 fully saturated rings. The Hall–Kier alpha value is -3.54. The second-order valence-electron chi connectivity index (χ2n) is 6.38. The molecular weight excluding hydrogens is 354 g/mol. The highest BCUT2D eigenvalue weighted by molar-refractivity contribution is 6.14. The van der Waals surface area contributed by atoms with Crippen LogP contribution in [0.5, 0.6) is 11.6 Å². The number of para-hydroxylation sites is 1. The van der Waals surface area contributed by atoms with Crippen LogP contribution < -0.4 is 15.2 Å². The van der Waals surface area contributed by atoms with E-state index >= 15 is 0 Å². The third-order valence-corrected chi connectivity index (χ3v) is 4.61. The van der Waals surface area contributed by atoms with E-state index < -0.39 is 5.91 Å². The van der Waals surface area contributed by atoms with Crippen LogP contribution in [0.15, 0.2) is 60.9 Å². The lowest BCUT2D eigenvalue weighted by atomic mass is 10.1. The Balaban J connectivity index is 1.61. The highest BCUT2D eigenvalue weighted by Gasteiger charge is 2.19. The van der Waals surface area contributed by atoms with Crippen molar-refractivity contribution in [2.24, 2.45) is 5.73 Å². The molecule has 0 unspecified atom stereocenters. The normalized spacial score (nSPS) is 11.0. The molecular formula is C22H21N3O3. The van der Waals surface area contributed by atoms with Crippen molar-refractivity contribution in [1.82, 2.24) is 9.38 Å². The van der Waals surface area contributed by atoms with Gasteiger partial charge in [0.15, 0.2) is 0 Å². The number of primary amides is 1. The minimum Gasteiger partial charge on any atom is -0.491 e. The number of ether oxygens (including phenoxy) is 2. The van der Waals surface area contributed by atoms with E-state index in [9.17, 15) is 4.79 Å². The maximum Gasteiger partial charge on any atom is 0.251 e. The molecule has 0 radical (unpaired) electrons. The number of nitrogens with zero attached hydrogens (tertiary/aromatic N) is 2. The number of amides is 1. The second-order valence-corrected chi connectivity index (χ2v) is 6.38. The molecule has 6 heteroatoms. The Morgan fingerprint density at radius 2 is 1.96 bits per heavy atom. The minimum absolute atomic E-state index is 0.453. The van der Waals surface area contributed by atoms with Gasteiger partial charge in [0.05, 0.1) is 24.3 Å². The minimum atomic E-state index is -0.467. The summed E-state index contributed by atoms with van der Waals surface area (Å²) in [5.41, 5.74) is 8.84. The molecule has 6 nitrogen and oxygen atoms in total. The molecule has 3 heterocycles. The van der Waals surface area contributed by atoms with Crippen LogP contribution in [-0.2, 0) is 6.42 Å². The summed E-state index contributed by atoms with van der Waals surface area (Å²) in [5, 5.41) is 0.821. The molecule has 142 valence electrons. The van der Waals surface area contributed by atoms with E-state index in [-0.39, 0.29) is 0 Å². The SMILES string of the molecule is CCOc1ccc(CCOc2cccn3c2c(C(N)=O)c2ccccc23)cn1. The zero-order valence-electron chi connectivity index (χ0n) is 15.6. The average Bonchev–Trinajstić information content (AvgIpc) is 3.05. The van der Waals surface area contributed by atoms with Crippen LogP contribution >= 0.6 is 0 Å². The van der Waals surface area contributed by atoms with E-state index in [0.29, 0.717) is 42.3 Å². The number of pyridine rings is 2.